The van der Waals surface area contributed by atoms with Crippen molar-refractivity contribution in [3.05, 3.63) is 102 Å². The number of carbonyl (C=O) groups is 3. The maximum atomic E-state index is 13.0. The van der Waals surface area contributed by atoms with Gasteiger partial charge in [-0.3, -0.25) is 14.4 Å². The average molecular weight is 600 g/mol. The van der Waals surface area contributed by atoms with Crippen molar-refractivity contribution in [2.24, 2.45) is 0 Å². The van der Waals surface area contributed by atoms with Crippen LogP contribution in [0.25, 0.3) is 18.2 Å². The van der Waals surface area contributed by atoms with Gasteiger partial charge in [0, 0.05) is 44.4 Å². The zero-order valence-electron chi connectivity index (χ0n) is 24.2. The van der Waals surface area contributed by atoms with E-state index in [0.717, 1.165) is 11.1 Å². The third kappa shape index (κ3) is 12.2. The van der Waals surface area contributed by atoms with Crippen LogP contribution in [0.1, 0.15) is 36.0 Å². The summed E-state index contributed by atoms with van der Waals surface area (Å²) in [4.78, 5) is 39.0. The maximum absolute atomic E-state index is 13.0. The highest BCUT2D eigenvalue weighted by Crippen LogP contribution is 2.25. The minimum atomic E-state index is -0.335. The van der Waals surface area contributed by atoms with Crippen molar-refractivity contribution in [1.82, 2.24) is 15.5 Å². The van der Waals surface area contributed by atoms with E-state index in [2.05, 4.69) is 10.6 Å². The normalized spacial score (nSPS) is 11.3. The van der Waals surface area contributed by atoms with Crippen molar-refractivity contribution >= 4 is 35.9 Å². The number of phenolic OH excluding ortho intramolecular Hbond substituents is 4. The summed E-state index contributed by atoms with van der Waals surface area (Å²) in [5.74, 6) is -1.00. The number of phenols is 4. The molecule has 44 heavy (non-hydrogen) atoms. The van der Waals surface area contributed by atoms with Gasteiger partial charge in [0.1, 0.15) is 11.5 Å². The first kappa shape index (κ1) is 33.0. The fourth-order valence-corrected chi connectivity index (χ4v) is 4.00. The first-order valence-electron chi connectivity index (χ1n) is 14.2. The Morgan fingerprint density at radius 1 is 0.568 bits per heavy atom. The summed E-state index contributed by atoms with van der Waals surface area (Å²) < 4.78 is 0. The molecule has 0 radical (unpaired) electrons. The molecule has 0 unspecified atom stereocenters. The van der Waals surface area contributed by atoms with E-state index in [1.807, 2.05) is 0 Å². The van der Waals surface area contributed by atoms with E-state index in [1.165, 1.54) is 48.6 Å². The predicted molar refractivity (Wildman–Crippen MR) is 170 cm³/mol. The van der Waals surface area contributed by atoms with Gasteiger partial charge >= 0.3 is 0 Å². The van der Waals surface area contributed by atoms with Crippen LogP contribution in [-0.4, -0.2) is 69.2 Å². The Morgan fingerprint density at radius 2 is 1.05 bits per heavy atom. The van der Waals surface area contributed by atoms with Crippen LogP contribution < -0.4 is 10.6 Å². The van der Waals surface area contributed by atoms with Crippen molar-refractivity contribution in [2.45, 2.75) is 19.3 Å². The van der Waals surface area contributed by atoms with Crippen LogP contribution in [0.15, 0.2) is 85.0 Å². The Morgan fingerprint density at radius 3 is 1.61 bits per heavy atom. The van der Waals surface area contributed by atoms with Crippen molar-refractivity contribution < 1.29 is 34.8 Å². The fourth-order valence-electron chi connectivity index (χ4n) is 4.00. The fraction of sp³-hybridized carbons (Fsp3) is 0.206. The van der Waals surface area contributed by atoms with Gasteiger partial charge in [-0.1, -0.05) is 30.3 Å². The van der Waals surface area contributed by atoms with Gasteiger partial charge in [-0.05, 0) is 90.6 Å². The molecular formula is C34H37N3O7. The lowest BCUT2D eigenvalue weighted by atomic mass is 10.2. The molecule has 0 fully saturated rings. The minimum Gasteiger partial charge on any atom is -0.508 e. The average Bonchev–Trinajstić information content (AvgIpc) is 3.01. The molecular weight excluding hydrogens is 562 g/mol. The van der Waals surface area contributed by atoms with Crippen molar-refractivity contribution in [3.63, 3.8) is 0 Å². The molecule has 0 bridgehead atoms. The minimum absolute atomic E-state index is 0.135. The lowest BCUT2D eigenvalue weighted by molar-refractivity contribution is -0.126. The molecule has 6 N–H and O–H groups in total. The number of nitrogens with one attached hydrogen (secondary N) is 2. The summed E-state index contributed by atoms with van der Waals surface area (Å²) in [6.45, 7) is 1.62. The molecule has 0 atom stereocenters. The maximum Gasteiger partial charge on any atom is 0.246 e. The van der Waals surface area contributed by atoms with E-state index >= 15 is 0 Å². The highest BCUT2D eigenvalue weighted by Gasteiger charge is 2.11. The van der Waals surface area contributed by atoms with Crippen LogP contribution in [0.2, 0.25) is 0 Å². The number of nitrogens with zero attached hydrogens (tertiary/aromatic N) is 1. The Bertz CT molecular complexity index is 1480. The summed E-state index contributed by atoms with van der Waals surface area (Å²) in [6, 6.07) is 17.2. The molecule has 0 aromatic heterocycles. The van der Waals surface area contributed by atoms with Gasteiger partial charge in [0.15, 0.2) is 11.5 Å². The number of carbonyl (C=O) groups excluding carboxylic acids is 3. The van der Waals surface area contributed by atoms with Gasteiger partial charge in [0.2, 0.25) is 17.7 Å². The van der Waals surface area contributed by atoms with E-state index < -0.39 is 0 Å². The molecule has 230 valence electrons. The van der Waals surface area contributed by atoms with Crippen LogP contribution in [-0.2, 0) is 14.4 Å². The SMILES string of the molecule is O=C(/C=C/c1ccc(O)cc1)NCCCCN(CCCNC(=O)/C=C/c1ccc(O)c(O)c1)C(=O)/C=C/c1ccc(O)cc1. The topological polar surface area (TPSA) is 159 Å². The van der Waals surface area contributed by atoms with E-state index in [-0.39, 0.29) is 40.7 Å². The molecule has 3 amide bonds. The molecule has 0 aliphatic heterocycles. The highest BCUT2D eigenvalue weighted by atomic mass is 16.3. The Labute approximate surface area is 256 Å². The monoisotopic (exact) mass is 599 g/mol. The van der Waals surface area contributed by atoms with Crippen LogP contribution in [0.4, 0.5) is 0 Å². The van der Waals surface area contributed by atoms with Gasteiger partial charge in [-0.15, -0.1) is 0 Å². The summed E-state index contributed by atoms with van der Waals surface area (Å²) in [7, 11) is 0. The molecule has 0 saturated carbocycles. The molecule has 10 nitrogen and oxygen atoms in total. The molecule has 0 aliphatic carbocycles. The zero-order valence-corrected chi connectivity index (χ0v) is 24.2. The summed E-state index contributed by atoms with van der Waals surface area (Å²) in [6.07, 6.45) is 10.9. The number of hydrogen-bond acceptors (Lipinski definition) is 7. The van der Waals surface area contributed by atoms with Crippen LogP contribution in [0.3, 0.4) is 0 Å². The second kappa shape index (κ2) is 17.4. The number of rotatable bonds is 15. The second-order valence-electron chi connectivity index (χ2n) is 9.90. The van der Waals surface area contributed by atoms with Crippen LogP contribution in [0.5, 0.6) is 23.0 Å². The van der Waals surface area contributed by atoms with Crippen LogP contribution in [0, 0.1) is 0 Å². The third-order valence-corrected chi connectivity index (χ3v) is 6.43. The molecule has 0 saturated heterocycles. The number of hydrogen-bond donors (Lipinski definition) is 6. The zero-order chi connectivity index (χ0) is 31.7. The Hall–Kier alpha value is -5.51. The van der Waals surface area contributed by atoms with E-state index in [9.17, 15) is 34.8 Å². The lowest BCUT2D eigenvalue weighted by Gasteiger charge is -2.21. The quantitative estimate of drug-likeness (QED) is 0.0868. The Balaban J connectivity index is 1.46. The van der Waals surface area contributed by atoms with Crippen molar-refractivity contribution in [3.8, 4) is 23.0 Å². The second-order valence-corrected chi connectivity index (χ2v) is 9.90. The van der Waals surface area contributed by atoms with Gasteiger partial charge < -0.3 is 36.0 Å². The standard InChI is InChI=1S/C34H37N3O7/c38-28-12-4-25(5-13-28)9-17-32(42)35-20-1-2-22-37(34(44)19-11-26-6-14-29(39)15-7-26)23-3-21-36-33(43)18-10-27-8-16-30(40)31(41)24-27/h4-19,24,38-41H,1-3,20-23H2,(H,35,42)(H,36,43)/b17-9+,18-10+,19-11+. The van der Waals surface area contributed by atoms with Crippen molar-refractivity contribution in [2.75, 3.05) is 26.2 Å². The third-order valence-electron chi connectivity index (χ3n) is 6.43. The lowest BCUT2D eigenvalue weighted by Crippen LogP contribution is -2.34. The van der Waals surface area contributed by atoms with Gasteiger partial charge in [0.05, 0.1) is 0 Å². The molecule has 0 aliphatic rings. The first-order valence-corrected chi connectivity index (χ1v) is 14.2. The number of aromatic hydroxyl groups is 4. The van der Waals surface area contributed by atoms with Gasteiger partial charge in [0.25, 0.3) is 0 Å². The van der Waals surface area contributed by atoms with Crippen LogP contribution >= 0.6 is 0 Å². The molecule has 3 aromatic carbocycles. The molecule has 3 rings (SSSR count). The smallest absolute Gasteiger partial charge is 0.246 e. The van der Waals surface area contributed by atoms with Crippen molar-refractivity contribution in [1.29, 1.82) is 0 Å². The first-order chi connectivity index (χ1) is 21.2. The van der Waals surface area contributed by atoms with Gasteiger partial charge in [-0.25, -0.2) is 0 Å². The number of benzene rings is 3. The number of unbranched alkanes of at least 4 members (excludes halogenated alkanes) is 1. The van der Waals surface area contributed by atoms with Gasteiger partial charge in [-0.2, -0.15) is 0 Å². The summed E-state index contributed by atoms with van der Waals surface area (Å²) >= 11 is 0. The molecule has 3 aromatic rings. The largest absolute Gasteiger partial charge is 0.508 e. The Kier molecular flexibility index (Phi) is 13.1. The highest BCUT2D eigenvalue weighted by molar-refractivity contribution is 5.93. The summed E-state index contributed by atoms with van der Waals surface area (Å²) in [5.41, 5.74) is 2.11. The molecule has 0 heterocycles. The predicted octanol–water partition coefficient (Wildman–Crippen LogP) is 4.18. The molecule has 10 heteroatoms. The molecule has 0 spiro atoms. The van der Waals surface area contributed by atoms with E-state index in [0.29, 0.717) is 51.0 Å². The summed E-state index contributed by atoms with van der Waals surface area (Å²) in [5, 5.41) is 43.4. The van der Waals surface area contributed by atoms with E-state index in [1.54, 1.807) is 59.5 Å². The number of amides is 3. The van der Waals surface area contributed by atoms with E-state index in [4.69, 9.17) is 0 Å².